The first-order chi connectivity index (χ1) is 7.31. The SMILES string of the molecule is CCCCC1CC(C)Nc2ccccc21. The average Bonchev–Trinajstić information content (AvgIpc) is 2.25. The lowest BCUT2D eigenvalue weighted by Gasteiger charge is -2.31. The maximum Gasteiger partial charge on any atom is 0.0377 e. The summed E-state index contributed by atoms with van der Waals surface area (Å²) in [6, 6.07) is 9.41. The van der Waals surface area contributed by atoms with E-state index in [1.165, 1.54) is 36.9 Å². The van der Waals surface area contributed by atoms with Crippen LogP contribution < -0.4 is 5.32 Å². The van der Waals surface area contributed by atoms with Crippen LogP contribution in [-0.4, -0.2) is 6.04 Å². The number of anilines is 1. The molecule has 0 fully saturated rings. The van der Waals surface area contributed by atoms with E-state index in [0.717, 1.165) is 5.92 Å². The number of benzene rings is 1. The van der Waals surface area contributed by atoms with Crippen molar-refractivity contribution in [1.82, 2.24) is 0 Å². The minimum Gasteiger partial charge on any atom is -0.382 e. The maximum atomic E-state index is 3.57. The lowest BCUT2D eigenvalue weighted by atomic mass is 9.84. The molecule has 1 aliphatic rings. The predicted molar refractivity (Wildman–Crippen MR) is 66.4 cm³/mol. The van der Waals surface area contributed by atoms with Crippen molar-refractivity contribution >= 4 is 5.69 Å². The van der Waals surface area contributed by atoms with E-state index in [0.29, 0.717) is 6.04 Å². The fraction of sp³-hybridized carbons (Fsp3) is 0.571. The number of hydrogen-bond donors (Lipinski definition) is 1. The highest BCUT2D eigenvalue weighted by molar-refractivity contribution is 5.55. The average molecular weight is 203 g/mol. The van der Waals surface area contributed by atoms with E-state index < -0.39 is 0 Å². The van der Waals surface area contributed by atoms with Crippen molar-refractivity contribution in [2.45, 2.75) is 51.5 Å². The molecule has 0 bridgehead atoms. The molecule has 2 atom stereocenters. The second-order valence-electron chi connectivity index (χ2n) is 4.71. The number of unbranched alkanes of at least 4 members (excludes halogenated alkanes) is 1. The topological polar surface area (TPSA) is 12.0 Å². The van der Waals surface area contributed by atoms with E-state index in [1.807, 2.05) is 0 Å². The molecule has 0 saturated carbocycles. The summed E-state index contributed by atoms with van der Waals surface area (Å²) in [5.74, 6) is 0.775. The minimum absolute atomic E-state index is 0.627. The zero-order valence-corrected chi connectivity index (χ0v) is 9.79. The van der Waals surface area contributed by atoms with E-state index >= 15 is 0 Å². The van der Waals surface area contributed by atoms with Gasteiger partial charge >= 0.3 is 0 Å². The van der Waals surface area contributed by atoms with Crippen LogP contribution in [0.25, 0.3) is 0 Å². The molecule has 1 N–H and O–H groups in total. The van der Waals surface area contributed by atoms with Crippen LogP contribution in [0.15, 0.2) is 24.3 Å². The Balaban J connectivity index is 2.18. The number of hydrogen-bond acceptors (Lipinski definition) is 1. The third kappa shape index (κ3) is 2.34. The molecule has 0 amide bonds. The second kappa shape index (κ2) is 4.69. The molecule has 1 heterocycles. The van der Waals surface area contributed by atoms with Gasteiger partial charge < -0.3 is 5.32 Å². The Morgan fingerprint density at radius 3 is 2.93 bits per heavy atom. The van der Waals surface area contributed by atoms with Crippen molar-refractivity contribution in [3.63, 3.8) is 0 Å². The van der Waals surface area contributed by atoms with E-state index in [-0.39, 0.29) is 0 Å². The Kier molecular flexibility index (Phi) is 3.30. The molecule has 0 spiro atoms. The highest BCUT2D eigenvalue weighted by Crippen LogP contribution is 2.36. The van der Waals surface area contributed by atoms with Gasteiger partial charge in [-0.05, 0) is 37.3 Å². The Hall–Kier alpha value is -0.980. The van der Waals surface area contributed by atoms with Gasteiger partial charge in [-0.15, -0.1) is 0 Å². The summed E-state index contributed by atoms with van der Waals surface area (Å²) in [7, 11) is 0. The molecule has 2 unspecified atom stereocenters. The number of nitrogens with one attached hydrogen (secondary N) is 1. The van der Waals surface area contributed by atoms with Gasteiger partial charge in [0, 0.05) is 11.7 Å². The molecule has 82 valence electrons. The fourth-order valence-corrected chi connectivity index (χ4v) is 2.59. The van der Waals surface area contributed by atoms with Gasteiger partial charge in [-0.2, -0.15) is 0 Å². The van der Waals surface area contributed by atoms with Crippen molar-refractivity contribution in [3.8, 4) is 0 Å². The summed E-state index contributed by atoms with van der Waals surface area (Å²) < 4.78 is 0. The molecule has 1 heteroatoms. The highest BCUT2D eigenvalue weighted by atomic mass is 14.9. The summed E-state index contributed by atoms with van der Waals surface area (Å²) in [5, 5.41) is 3.57. The molecule has 2 rings (SSSR count). The fourth-order valence-electron chi connectivity index (χ4n) is 2.59. The van der Waals surface area contributed by atoms with Gasteiger partial charge in [0.2, 0.25) is 0 Å². The van der Waals surface area contributed by atoms with Crippen molar-refractivity contribution in [2.24, 2.45) is 0 Å². The van der Waals surface area contributed by atoms with E-state index in [4.69, 9.17) is 0 Å². The smallest absolute Gasteiger partial charge is 0.0377 e. The molecule has 0 radical (unpaired) electrons. The van der Waals surface area contributed by atoms with Crippen molar-refractivity contribution in [1.29, 1.82) is 0 Å². The third-order valence-corrected chi connectivity index (χ3v) is 3.35. The molecule has 1 nitrogen and oxygen atoms in total. The van der Waals surface area contributed by atoms with Crippen molar-refractivity contribution < 1.29 is 0 Å². The summed E-state index contributed by atoms with van der Waals surface area (Å²) in [6.45, 7) is 4.56. The largest absolute Gasteiger partial charge is 0.382 e. The number of fused-ring (bicyclic) bond motifs is 1. The van der Waals surface area contributed by atoms with Crippen LogP contribution in [0.2, 0.25) is 0 Å². The molecule has 1 aromatic rings. The van der Waals surface area contributed by atoms with Crippen LogP contribution >= 0.6 is 0 Å². The standard InChI is InChI=1S/C14H21N/c1-3-4-7-12-10-11(2)15-14-9-6-5-8-13(12)14/h5-6,8-9,11-12,15H,3-4,7,10H2,1-2H3. The Bertz CT molecular complexity index is 319. The molecule has 0 aromatic heterocycles. The van der Waals surface area contributed by atoms with Crippen LogP contribution in [0.3, 0.4) is 0 Å². The third-order valence-electron chi connectivity index (χ3n) is 3.35. The van der Waals surface area contributed by atoms with Crippen LogP contribution in [-0.2, 0) is 0 Å². The maximum absolute atomic E-state index is 3.57. The molecule has 0 aliphatic carbocycles. The zero-order chi connectivity index (χ0) is 10.7. The molecule has 1 aromatic carbocycles. The molecule has 0 saturated heterocycles. The Labute approximate surface area is 92.9 Å². The highest BCUT2D eigenvalue weighted by Gasteiger charge is 2.22. The van der Waals surface area contributed by atoms with Crippen LogP contribution in [0, 0.1) is 0 Å². The minimum atomic E-state index is 0.627. The summed E-state index contributed by atoms with van der Waals surface area (Å²) in [4.78, 5) is 0. The first-order valence-corrected chi connectivity index (χ1v) is 6.16. The van der Waals surface area contributed by atoms with Gasteiger partial charge in [0.05, 0.1) is 0 Å². The van der Waals surface area contributed by atoms with E-state index in [2.05, 4.69) is 43.4 Å². The lowest BCUT2D eigenvalue weighted by Crippen LogP contribution is -2.25. The number of para-hydroxylation sites is 1. The monoisotopic (exact) mass is 203 g/mol. The van der Waals surface area contributed by atoms with Crippen LogP contribution in [0.1, 0.15) is 51.0 Å². The van der Waals surface area contributed by atoms with Crippen LogP contribution in [0.4, 0.5) is 5.69 Å². The molecule has 1 aliphatic heterocycles. The quantitative estimate of drug-likeness (QED) is 0.777. The van der Waals surface area contributed by atoms with Crippen LogP contribution in [0.5, 0.6) is 0 Å². The molecular weight excluding hydrogens is 182 g/mol. The lowest BCUT2D eigenvalue weighted by molar-refractivity contribution is 0.503. The second-order valence-corrected chi connectivity index (χ2v) is 4.71. The normalized spacial score (nSPS) is 24.4. The first kappa shape index (κ1) is 10.5. The number of rotatable bonds is 3. The van der Waals surface area contributed by atoms with Gasteiger partial charge in [-0.1, -0.05) is 38.0 Å². The Morgan fingerprint density at radius 2 is 2.13 bits per heavy atom. The van der Waals surface area contributed by atoms with Gasteiger partial charge in [0.25, 0.3) is 0 Å². The van der Waals surface area contributed by atoms with Gasteiger partial charge in [0.1, 0.15) is 0 Å². The summed E-state index contributed by atoms with van der Waals surface area (Å²) in [6.07, 6.45) is 5.29. The van der Waals surface area contributed by atoms with Crippen molar-refractivity contribution in [3.05, 3.63) is 29.8 Å². The summed E-state index contributed by atoms with van der Waals surface area (Å²) >= 11 is 0. The predicted octanol–water partition coefficient (Wildman–Crippen LogP) is 4.16. The van der Waals surface area contributed by atoms with Gasteiger partial charge in [-0.3, -0.25) is 0 Å². The molecular formula is C14H21N. The Morgan fingerprint density at radius 1 is 1.33 bits per heavy atom. The molecule has 15 heavy (non-hydrogen) atoms. The van der Waals surface area contributed by atoms with E-state index in [9.17, 15) is 0 Å². The first-order valence-electron chi connectivity index (χ1n) is 6.16. The van der Waals surface area contributed by atoms with Gasteiger partial charge in [-0.25, -0.2) is 0 Å². The van der Waals surface area contributed by atoms with Crippen molar-refractivity contribution in [2.75, 3.05) is 5.32 Å². The zero-order valence-electron chi connectivity index (χ0n) is 9.79. The van der Waals surface area contributed by atoms with Gasteiger partial charge in [0.15, 0.2) is 0 Å². The summed E-state index contributed by atoms with van der Waals surface area (Å²) in [5.41, 5.74) is 2.89. The van der Waals surface area contributed by atoms with E-state index in [1.54, 1.807) is 0 Å².